The molecule has 0 aliphatic carbocycles. The molecule has 0 saturated carbocycles. The number of hydrogen-bond donors (Lipinski definition) is 1. The molecule has 2 aromatic rings. The van der Waals surface area contributed by atoms with E-state index in [9.17, 15) is 4.79 Å². The van der Waals surface area contributed by atoms with Crippen molar-refractivity contribution in [2.24, 2.45) is 0 Å². The number of anilines is 1. The van der Waals surface area contributed by atoms with Crippen LogP contribution >= 0.6 is 0 Å². The van der Waals surface area contributed by atoms with Gasteiger partial charge in [0.15, 0.2) is 0 Å². The van der Waals surface area contributed by atoms with Crippen LogP contribution in [0.1, 0.15) is 17.8 Å². The Labute approximate surface area is 119 Å². The van der Waals surface area contributed by atoms with Gasteiger partial charge in [-0.15, -0.1) is 0 Å². The minimum Gasteiger partial charge on any atom is -0.497 e. The lowest BCUT2D eigenvalue weighted by Crippen LogP contribution is -2.15. The van der Waals surface area contributed by atoms with Crippen LogP contribution in [0.15, 0.2) is 36.4 Å². The fraction of sp³-hybridized carbons (Fsp3) is 0.312. The molecule has 20 heavy (non-hydrogen) atoms. The Bertz CT molecular complexity index is 583. The third-order valence-electron chi connectivity index (χ3n) is 3.33. The number of carbonyl (C=O) groups excluding carboxylic acids is 1. The predicted octanol–water partition coefficient (Wildman–Crippen LogP) is 3.14. The van der Waals surface area contributed by atoms with Gasteiger partial charge in [0.05, 0.1) is 7.11 Å². The third kappa shape index (κ3) is 3.41. The number of ether oxygens (including phenoxy) is 1. The molecule has 0 aliphatic heterocycles. The van der Waals surface area contributed by atoms with Crippen LogP contribution in [0.25, 0.3) is 0 Å². The summed E-state index contributed by atoms with van der Waals surface area (Å²) in [5.41, 5.74) is 3.11. The van der Waals surface area contributed by atoms with E-state index in [1.54, 1.807) is 7.11 Å². The molecule has 0 aliphatic rings. The molecule has 0 fully saturated rings. The van der Waals surface area contributed by atoms with Crippen LogP contribution in [0.5, 0.6) is 5.75 Å². The zero-order valence-corrected chi connectivity index (χ0v) is 12.1. The van der Waals surface area contributed by atoms with Crippen LogP contribution in [-0.4, -0.2) is 17.6 Å². The van der Waals surface area contributed by atoms with Gasteiger partial charge in [0.1, 0.15) is 5.75 Å². The summed E-state index contributed by atoms with van der Waals surface area (Å²) in [4.78, 5) is 12.0. The number of methoxy groups -OCH3 is 1. The quantitative estimate of drug-likeness (QED) is 0.908. The number of carbonyl (C=O) groups is 1. The summed E-state index contributed by atoms with van der Waals surface area (Å²) in [6, 6.07) is 11.5. The van der Waals surface area contributed by atoms with E-state index in [1.807, 2.05) is 38.1 Å². The molecule has 1 amide bonds. The molecule has 4 nitrogen and oxygen atoms in total. The number of hydrogen-bond acceptors (Lipinski definition) is 2. The van der Waals surface area contributed by atoms with Crippen LogP contribution in [0.2, 0.25) is 0 Å². The van der Waals surface area contributed by atoms with Gasteiger partial charge in [-0.25, -0.2) is 0 Å². The molecule has 1 heterocycles. The highest BCUT2D eigenvalue weighted by molar-refractivity contribution is 5.90. The van der Waals surface area contributed by atoms with Crippen LogP contribution in [0, 0.1) is 13.8 Å². The summed E-state index contributed by atoms with van der Waals surface area (Å²) in [7, 11) is 1.61. The molecule has 1 aromatic carbocycles. The van der Waals surface area contributed by atoms with Crippen molar-refractivity contribution in [3.8, 4) is 5.75 Å². The number of nitrogens with zero attached hydrogens (tertiary/aromatic N) is 1. The average Bonchev–Trinajstić information content (AvgIpc) is 2.76. The fourth-order valence-electron chi connectivity index (χ4n) is 2.19. The maximum atomic E-state index is 12.0. The maximum absolute atomic E-state index is 12.0. The normalized spacial score (nSPS) is 10.3. The predicted molar refractivity (Wildman–Crippen MR) is 80.1 cm³/mol. The summed E-state index contributed by atoms with van der Waals surface area (Å²) >= 11 is 0. The van der Waals surface area contributed by atoms with E-state index in [0.29, 0.717) is 13.0 Å². The lowest BCUT2D eigenvalue weighted by molar-refractivity contribution is -0.116. The Morgan fingerprint density at radius 3 is 2.55 bits per heavy atom. The van der Waals surface area contributed by atoms with Crippen LogP contribution in [0.4, 0.5) is 5.69 Å². The molecule has 0 spiro atoms. The van der Waals surface area contributed by atoms with Crippen LogP contribution in [0.3, 0.4) is 0 Å². The minimum absolute atomic E-state index is 0.00533. The number of amides is 1. The molecule has 0 bridgehead atoms. The first kappa shape index (κ1) is 14.2. The smallest absolute Gasteiger partial charge is 0.226 e. The monoisotopic (exact) mass is 272 g/mol. The SMILES string of the molecule is COc1cccc(NC(=O)CCn2c(C)ccc2C)c1. The summed E-state index contributed by atoms with van der Waals surface area (Å²) in [6.45, 7) is 4.79. The minimum atomic E-state index is 0.00533. The summed E-state index contributed by atoms with van der Waals surface area (Å²) in [5, 5.41) is 2.89. The molecular weight excluding hydrogens is 252 g/mol. The Balaban J connectivity index is 1.92. The van der Waals surface area contributed by atoms with Crippen molar-refractivity contribution < 1.29 is 9.53 Å². The van der Waals surface area contributed by atoms with Crippen molar-refractivity contribution in [1.82, 2.24) is 4.57 Å². The Hall–Kier alpha value is -2.23. The molecular formula is C16H20N2O2. The van der Waals surface area contributed by atoms with E-state index in [2.05, 4.69) is 22.0 Å². The Kier molecular flexibility index (Phi) is 4.45. The Morgan fingerprint density at radius 1 is 1.20 bits per heavy atom. The molecule has 4 heteroatoms. The van der Waals surface area contributed by atoms with Crippen molar-refractivity contribution in [3.05, 3.63) is 47.8 Å². The summed E-state index contributed by atoms with van der Waals surface area (Å²) in [5.74, 6) is 0.741. The zero-order chi connectivity index (χ0) is 14.5. The van der Waals surface area contributed by atoms with E-state index in [1.165, 1.54) is 11.4 Å². The van der Waals surface area contributed by atoms with E-state index in [4.69, 9.17) is 4.74 Å². The second-order valence-electron chi connectivity index (χ2n) is 4.80. The van der Waals surface area contributed by atoms with E-state index in [0.717, 1.165) is 11.4 Å². The third-order valence-corrected chi connectivity index (χ3v) is 3.33. The van der Waals surface area contributed by atoms with Gasteiger partial charge in [0, 0.05) is 36.1 Å². The van der Waals surface area contributed by atoms with E-state index in [-0.39, 0.29) is 5.91 Å². The van der Waals surface area contributed by atoms with Gasteiger partial charge in [0.2, 0.25) is 5.91 Å². The maximum Gasteiger partial charge on any atom is 0.226 e. The molecule has 0 radical (unpaired) electrons. The van der Waals surface area contributed by atoms with Gasteiger partial charge in [-0.2, -0.15) is 0 Å². The lowest BCUT2D eigenvalue weighted by atomic mass is 10.3. The van der Waals surface area contributed by atoms with Gasteiger partial charge >= 0.3 is 0 Å². The van der Waals surface area contributed by atoms with Crippen molar-refractivity contribution >= 4 is 11.6 Å². The second kappa shape index (κ2) is 6.28. The number of benzene rings is 1. The number of aromatic nitrogens is 1. The van der Waals surface area contributed by atoms with Crippen LogP contribution < -0.4 is 10.1 Å². The molecule has 0 unspecified atom stereocenters. The number of rotatable bonds is 5. The van der Waals surface area contributed by atoms with Crippen LogP contribution in [-0.2, 0) is 11.3 Å². The highest BCUT2D eigenvalue weighted by Crippen LogP contribution is 2.17. The molecule has 0 saturated heterocycles. The molecule has 1 aromatic heterocycles. The standard InChI is InChI=1S/C16H20N2O2/c1-12-7-8-13(2)18(12)10-9-16(19)17-14-5-4-6-15(11-14)20-3/h4-8,11H,9-10H2,1-3H3,(H,17,19). The first-order chi connectivity index (χ1) is 9.60. The summed E-state index contributed by atoms with van der Waals surface area (Å²) < 4.78 is 7.28. The van der Waals surface area contributed by atoms with Gasteiger partial charge in [0.25, 0.3) is 0 Å². The average molecular weight is 272 g/mol. The number of aryl methyl sites for hydroxylation is 2. The van der Waals surface area contributed by atoms with Crippen molar-refractivity contribution in [1.29, 1.82) is 0 Å². The largest absolute Gasteiger partial charge is 0.497 e. The van der Waals surface area contributed by atoms with E-state index < -0.39 is 0 Å². The first-order valence-electron chi connectivity index (χ1n) is 6.67. The van der Waals surface area contributed by atoms with Crippen molar-refractivity contribution in [2.75, 3.05) is 12.4 Å². The first-order valence-corrected chi connectivity index (χ1v) is 6.67. The second-order valence-corrected chi connectivity index (χ2v) is 4.80. The molecule has 106 valence electrons. The fourth-order valence-corrected chi connectivity index (χ4v) is 2.19. The topological polar surface area (TPSA) is 43.3 Å². The van der Waals surface area contributed by atoms with Crippen molar-refractivity contribution in [2.45, 2.75) is 26.8 Å². The van der Waals surface area contributed by atoms with Gasteiger partial charge in [-0.05, 0) is 38.1 Å². The molecule has 1 N–H and O–H groups in total. The highest BCUT2D eigenvalue weighted by Gasteiger charge is 2.06. The van der Waals surface area contributed by atoms with Gasteiger partial charge in [-0.3, -0.25) is 4.79 Å². The zero-order valence-electron chi connectivity index (χ0n) is 12.1. The van der Waals surface area contributed by atoms with Gasteiger partial charge < -0.3 is 14.6 Å². The number of nitrogens with one attached hydrogen (secondary N) is 1. The van der Waals surface area contributed by atoms with Crippen molar-refractivity contribution in [3.63, 3.8) is 0 Å². The van der Waals surface area contributed by atoms with Gasteiger partial charge in [-0.1, -0.05) is 6.07 Å². The lowest BCUT2D eigenvalue weighted by Gasteiger charge is -2.10. The van der Waals surface area contributed by atoms with E-state index >= 15 is 0 Å². The summed E-state index contributed by atoms with van der Waals surface area (Å²) in [6.07, 6.45) is 0.452. The Morgan fingerprint density at radius 2 is 1.90 bits per heavy atom. The molecule has 2 rings (SSSR count). The molecule has 0 atom stereocenters. The highest BCUT2D eigenvalue weighted by atomic mass is 16.5.